The first-order chi connectivity index (χ1) is 4.36. The minimum absolute atomic E-state index is 0.130. The Hall–Kier alpha value is -0.380. The normalized spacial score (nSPS) is 10.0. The number of hydrogen-bond acceptors (Lipinski definition) is 3. The molecule has 0 aliphatic heterocycles. The summed E-state index contributed by atoms with van der Waals surface area (Å²) in [6.07, 6.45) is 0. The topological polar surface area (TPSA) is 46.2 Å². The molecule has 3 N–H and O–H groups in total. The Morgan fingerprint density at radius 2 is 2.11 bits per heavy atom. The second-order valence-electron chi connectivity index (χ2n) is 1.73. The van der Waals surface area contributed by atoms with Gasteiger partial charge in [0, 0.05) is 16.3 Å². The van der Waals surface area contributed by atoms with Crippen molar-refractivity contribution in [2.24, 2.45) is 5.73 Å². The molecule has 0 unspecified atom stereocenters. The van der Waals surface area contributed by atoms with Gasteiger partial charge in [-0.15, -0.1) is 11.3 Å². The van der Waals surface area contributed by atoms with E-state index in [-0.39, 0.29) is 6.61 Å². The van der Waals surface area contributed by atoms with Crippen molar-refractivity contribution >= 4 is 11.3 Å². The van der Waals surface area contributed by atoms with Crippen LogP contribution in [0.15, 0.2) is 12.1 Å². The second kappa shape index (κ2) is 2.96. The van der Waals surface area contributed by atoms with Crippen LogP contribution < -0.4 is 5.73 Å². The van der Waals surface area contributed by atoms with Crippen LogP contribution >= 0.6 is 11.3 Å². The Morgan fingerprint density at radius 3 is 2.44 bits per heavy atom. The molecule has 0 bridgehead atoms. The molecule has 0 fully saturated rings. The Bertz CT molecular complexity index is 166. The van der Waals surface area contributed by atoms with E-state index >= 15 is 0 Å². The summed E-state index contributed by atoms with van der Waals surface area (Å²) in [4.78, 5) is 2.11. The van der Waals surface area contributed by atoms with Gasteiger partial charge >= 0.3 is 0 Å². The minimum Gasteiger partial charge on any atom is -0.391 e. The standard InChI is InChI=1S/C6H9NOS/c7-3-5-1-2-6(4-8)9-5/h1-2,8H,3-4,7H2. The number of rotatable bonds is 2. The molecular weight excluding hydrogens is 134 g/mol. The predicted octanol–water partition coefficient (Wildman–Crippen LogP) is 0.699. The molecule has 50 valence electrons. The molecular formula is C6H9NOS. The highest BCUT2D eigenvalue weighted by Crippen LogP contribution is 2.14. The van der Waals surface area contributed by atoms with Crippen molar-refractivity contribution in [1.82, 2.24) is 0 Å². The molecule has 1 aromatic rings. The summed E-state index contributed by atoms with van der Waals surface area (Å²) in [6.45, 7) is 0.704. The number of aliphatic hydroxyl groups excluding tert-OH is 1. The zero-order valence-corrected chi connectivity index (χ0v) is 5.82. The summed E-state index contributed by atoms with van der Waals surface area (Å²) in [5, 5.41) is 8.62. The summed E-state index contributed by atoms with van der Waals surface area (Å²) in [6, 6.07) is 3.84. The molecule has 1 heterocycles. The van der Waals surface area contributed by atoms with Crippen molar-refractivity contribution in [1.29, 1.82) is 0 Å². The van der Waals surface area contributed by atoms with E-state index in [4.69, 9.17) is 10.8 Å². The molecule has 2 nitrogen and oxygen atoms in total. The van der Waals surface area contributed by atoms with Crippen LogP contribution in [0.2, 0.25) is 0 Å². The van der Waals surface area contributed by atoms with E-state index in [9.17, 15) is 0 Å². The molecule has 0 aliphatic rings. The lowest BCUT2D eigenvalue weighted by atomic mass is 10.4. The third-order valence-corrected chi connectivity index (χ3v) is 2.17. The van der Waals surface area contributed by atoms with Crippen LogP contribution in [-0.2, 0) is 13.2 Å². The van der Waals surface area contributed by atoms with Gasteiger partial charge in [-0.05, 0) is 12.1 Å². The molecule has 0 spiro atoms. The van der Waals surface area contributed by atoms with Crippen molar-refractivity contribution < 1.29 is 5.11 Å². The van der Waals surface area contributed by atoms with Gasteiger partial charge < -0.3 is 10.8 Å². The summed E-state index contributed by atoms with van der Waals surface area (Å²) in [7, 11) is 0. The van der Waals surface area contributed by atoms with Crippen molar-refractivity contribution in [3.05, 3.63) is 21.9 Å². The third kappa shape index (κ3) is 1.51. The molecule has 0 atom stereocenters. The van der Waals surface area contributed by atoms with E-state index in [0.29, 0.717) is 6.54 Å². The minimum atomic E-state index is 0.130. The molecule has 9 heavy (non-hydrogen) atoms. The molecule has 0 aromatic carbocycles. The average Bonchev–Trinajstić information content (AvgIpc) is 2.34. The molecule has 1 rings (SSSR count). The molecule has 0 amide bonds. The van der Waals surface area contributed by atoms with Gasteiger partial charge in [0.2, 0.25) is 0 Å². The Kier molecular flexibility index (Phi) is 2.22. The smallest absolute Gasteiger partial charge is 0.0774 e. The maximum atomic E-state index is 8.62. The molecule has 3 heteroatoms. The number of aliphatic hydroxyl groups is 1. The zero-order valence-electron chi connectivity index (χ0n) is 5.00. The van der Waals surface area contributed by atoms with Crippen LogP contribution in [0.4, 0.5) is 0 Å². The van der Waals surface area contributed by atoms with Crippen LogP contribution in [0.5, 0.6) is 0 Å². The van der Waals surface area contributed by atoms with Gasteiger partial charge in [-0.1, -0.05) is 0 Å². The first kappa shape index (κ1) is 6.74. The lowest BCUT2D eigenvalue weighted by Gasteiger charge is -1.84. The highest BCUT2D eigenvalue weighted by Gasteiger charge is 1.94. The molecule has 0 aliphatic carbocycles. The average molecular weight is 143 g/mol. The second-order valence-corrected chi connectivity index (χ2v) is 2.98. The lowest BCUT2D eigenvalue weighted by Crippen LogP contribution is -1.91. The zero-order chi connectivity index (χ0) is 6.69. The van der Waals surface area contributed by atoms with Gasteiger partial charge in [0.25, 0.3) is 0 Å². The highest BCUT2D eigenvalue weighted by atomic mass is 32.1. The molecule has 1 aromatic heterocycles. The lowest BCUT2D eigenvalue weighted by molar-refractivity contribution is 0.285. The summed E-state index contributed by atoms with van der Waals surface area (Å²) in [5.41, 5.74) is 5.35. The molecule has 0 saturated heterocycles. The van der Waals surface area contributed by atoms with Crippen molar-refractivity contribution in [2.45, 2.75) is 13.2 Å². The van der Waals surface area contributed by atoms with E-state index < -0.39 is 0 Å². The fourth-order valence-electron chi connectivity index (χ4n) is 0.617. The largest absolute Gasteiger partial charge is 0.391 e. The third-order valence-electron chi connectivity index (χ3n) is 1.07. The van der Waals surface area contributed by atoms with E-state index in [1.165, 1.54) is 0 Å². The molecule has 0 saturated carbocycles. The molecule has 0 radical (unpaired) electrons. The van der Waals surface area contributed by atoms with Crippen LogP contribution in [0.25, 0.3) is 0 Å². The van der Waals surface area contributed by atoms with Crippen LogP contribution in [-0.4, -0.2) is 5.11 Å². The van der Waals surface area contributed by atoms with Gasteiger partial charge in [-0.2, -0.15) is 0 Å². The SMILES string of the molecule is NCc1ccc(CO)s1. The fourth-order valence-corrected chi connectivity index (χ4v) is 1.37. The summed E-state index contributed by atoms with van der Waals surface area (Å²) >= 11 is 1.56. The first-order valence-corrected chi connectivity index (χ1v) is 3.57. The van der Waals surface area contributed by atoms with Crippen molar-refractivity contribution in [2.75, 3.05) is 0 Å². The van der Waals surface area contributed by atoms with Gasteiger partial charge in [0.05, 0.1) is 6.61 Å². The van der Waals surface area contributed by atoms with Crippen LogP contribution in [0, 0.1) is 0 Å². The maximum absolute atomic E-state index is 8.62. The van der Waals surface area contributed by atoms with E-state index in [2.05, 4.69) is 0 Å². The quantitative estimate of drug-likeness (QED) is 0.640. The monoisotopic (exact) mass is 143 g/mol. The fraction of sp³-hybridized carbons (Fsp3) is 0.333. The highest BCUT2D eigenvalue weighted by molar-refractivity contribution is 7.11. The van der Waals surface area contributed by atoms with E-state index in [0.717, 1.165) is 9.75 Å². The Labute approximate surface area is 57.9 Å². The summed E-state index contributed by atoms with van der Waals surface area (Å²) in [5.74, 6) is 0. The number of thiophene rings is 1. The van der Waals surface area contributed by atoms with Crippen LogP contribution in [0.1, 0.15) is 9.75 Å². The van der Waals surface area contributed by atoms with Gasteiger partial charge in [0.1, 0.15) is 0 Å². The Morgan fingerprint density at radius 1 is 1.44 bits per heavy atom. The Balaban J connectivity index is 2.74. The van der Waals surface area contributed by atoms with E-state index in [1.54, 1.807) is 11.3 Å². The summed E-state index contributed by atoms with van der Waals surface area (Å²) < 4.78 is 0. The van der Waals surface area contributed by atoms with Crippen molar-refractivity contribution in [3.63, 3.8) is 0 Å². The maximum Gasteiger partial charge on any atom is 0.0774 e. The van der Waals surface area contributed by atoms with E-state index in [1.807, 2.05) is 12.1 Å². The van der Waals surface area contributed by atoms with Crippen molar-refractivity contribution in [3.8, 4) is 0 Å². The van der Waals surface area contributed by atoms with Gasteiger partial charge in [-0.3, -0.25) is 0 Å². The number of nitrogens with two attached hydrogens (primary N) is 1. The number of hydrogen-bond donors (Lipinski definition) is 2. The van der Waals surface area contributed by atoms with Gasteiger partial charge in [0.15, 0.2) is 0 Å². The first-order valence-electron chi connectivity index (χ1n) is 2.75. The van der Waals surface area contributed by atoms with Gasteiger partial charge in [-0.25, -0.2) is 0 Å². The van der Waals surface area contributed by atoms with Crippen LogP contribution in [0.3, 0.4) is 0 Å². The predicted molar refractivity (Wildman–Crippen MR) is 38.1 cm³/mol.